The summed E-state index contributed by atoms with van der Waals surface area (Å²) in [4.78, 5) is 27.7. The number of hydrogen-bond donors (Lipinski definition) is 1. The molecule has 0 spiro atoms. The molecule has 2 aliphatic heterocycles. The van der Waals surface area contributed by atoms with Gasteiger partial charge in [-0.3, -0.25) is 9.59 Å². The van der Waals surface area contributed by atoms with Gasteiger partial charge in [0.25, 0.3) is 0 Å². The van der Waals surface area contributed by atoms with Gasteiger partial charge in [-0.25, -0.2) is 0 Å². The molecule has 0 atom stereocenters. The predicted molar refractivity (Wildman–Crippen MR) is 91.2 cm³/mol. The number of amides is 2. The van der Waals surface area contributed by atoms with Crippen LogP contribution in [0, 0.1) is 5.92 Å². The second-order valence-electron chi connectivity index (χ2n) is 6.16. The van der Waals surface area contributed by atoms with Crippen LogP contribution in [0.4, 0.5) is 0 Å². The second kappa shape index (κ2) is 11.4. The SMILES string of the molecule is CCCC.COCC(=O)N1CCC(C(=O)N2CCNCC2)CC1. The van der Waals surface area contributed by atoms with Crippen molar-refractivity contribution >= 4 is 11.8 Å². The van der Waals surface area contributed by atoms with Gasteiger partial charge in [0.2, 0.25) is 11.8 Å². The smallest absolute Gasteiger partial charge is 0.248 e. The Balaban J connectivity index is 0.000000593. The first kappa shape index (κ1) is 19.9. The molecule has 134 valence electrons. The normalized spacial score (nSPS) is 19.1. The molecule has 23 heavy (non-hydrogen) atoms. The van der Waals surface area contributed by atoms with E-state index >= 15 is 0 Å². The number of likely N-dealkylation sites (tertiary alicyclic amines) is 1. The summed E-state index contributed by atoms with van der Waals surface area (Å²) in [6, 6.07) is 0. The summed E-state index contributed by atoms with van der Waals surface area (Å²) in [5.74, 6) is 0.376. The molecule has 0 bridgehead atoms. The summed E-state index contributed by atoms with van der Waals surface area (Å²) in [6.45, 7) is 9.23. The van der Waals surface area contributed by atoms with Crippen LogP contribution in [0.15, 0.2) is 0 Å². The van der Waals surface area contributed by atoms with Crippen molar-refractivity contribution in [1.29, 1.82) is 0 Å². The molecule has 2 amide bonds. The third-order valence-corrected chi connectivity index (χ3v) is 4.39. The molecular weight excluding hydrogens is 294 g/mol. The van der Waals surface area contributed by atoms with E-state index in [1.165, 1.54) is 20.0 Å². The molecule has 2 saturated heterocycles. The maximum absolute atomic E-state index is 12.3. The summed E-state index contributed by atoms with van der Waals surface area (Å²) in [5.41, 5.74) is 0. The van der Waals surface area contributed by atoms with E-state index in [4.69, 9.17) is 4.74 Å². The summed E-state index contributed by atoms with van der Waals surface area (Å²) in [6.07, 6.45) is 4.19. The number of nitrogens with one attached hydrogen (secondary N) is 1. The van der Waals surface area contributed by atoms with Gasteiger partial charge < -0.3 is 19.9 Å². The lowest BCUT2D eigenvalue weighted by atomic mass is 9.95. The lowest BCUT2D eigenvalue weighted by molar-refractivity contribution is -0.142. The van der Waals surface area contributed by atoms with Crippen molar-refractivity contribution in [2.75, 3.05) is 53.0 Å². The highest BCUT2D eigenvalue weighted by atomic mass is 16.5. The van der Waals surface area contributed by atoms with Crippen molar-refractivity contribution in [2.45, 2.75) is 39.5 Å². The molecule has 0 aliphatic carbocycles. The Labute approximate surface area is 140 Å². The van der Waals surface area contributed by atoms with Gasteiger partial charge >= 0.3 is 0 Å². The molecule has 6 nitrogen and oxygen atoms in total. The monoisotopic (exact) mass is 327 g/mol. The van der Waals surface area contributed by atoms with Gasteiger partial charge in [-0.15, -0.1) is 0 Å². The summed E-state index contributed by atoms with van der Waals surface area (Å²) in [7, 11) is 1.53. The van der Waals surface area contributed by atoms with Crippen LogP contribution in [-0.4, -0.2) is 74.6 Å². The molecular formula is C17H33N3O3. The van der Waals surface area contributed by atoms with Crippen LogP contribution in [0.1, 0.15) is 39.5 Å². The number of rotatable bonds is 4. The minimum absolute atomic E-state index is 0.0237. The van der Waals surface area contributed by atoms with Crippen molar-refractivity contribution in [3.8, 4) is 0 Å². The Morgan fingerprint density at radius 3 is 2.04 bits per heavy atom. The van der Waals surface area contributed by atoms with Gasteiger partial charge in [-0.2, -0.15) is 0 Å². The first-order valence-corrected chi connectivity index (χ1v) is 8.90. The summed E-state index contributed by atoms with van der Waals surface area (Å²) in [5, 5.41) is 3.25. The van der Waals surface area contributed by atoms with E-state index in [0.29, 0.717) is 13.1 Å². The zero-order chi connectivity index (χ0) is 17.1. The van der Waals surface area contributed by atoms with Crippen LogP contribution >= 0.6 is 0 Å². The summed E-state index contributed by atoms with van der Waals surface area (Å²) >= 11 is 0. The van der Waals surface area contributed by atoms with Crippen LogP contribution in [0.3, 0.4) is 0 Å². The molecule has 0 saturated carbocycles. The molecule has 2 fully saturated rings. The molecule has 0 radical (unpaired) electrons. The zero-order valence-corrected chi connectivity index (χ0v) is 15.0. The molecule has 2 rings (SSSR count). The zero-order valence-electron chi connectivity index (χ0n) is 15.0. The second-order valence-corrected chi connectivity index (χ2v) is 6.16. The number of carbonyl (C=O) groups is 2. The van der Waals surface area contributed by atoms with E-state index in [2.05, 4.69) is 19.2 Å². The minimum atomic E-state index is 0.0237. The number of piperidine rings is 1. The Morgan fingerprint density at radius 1 is 1.00 bits per heavy atom. The highest BCUT2D eigenvalue weighted by Gasteiger charge is 2.30. The Hall–Kier alpha value is -1.14. The van der Waals surface area contributed by atoms with Crippen molar-refractivity contribution in [3.05, 3.63) is 0 Å². The largest absolute Gasteiger partial charge is 0.375 e. The quantitative estimate of drug-likeness (QED) is 0.840. The fourth-order valence-corrected chi connectivity index (χ4v) is 2.73. The van der Waals surface area contributed by atoms with E-state index in [-0.39, 0.29) is 24.3 Å². The lowest BCUT2D eigenvalue weighted by Gasteiger charge is -2.35. The molecule has 0 aromatic carbocycles. The highest BCUT2D eigenvalue weighted by Crippen LogP contribution is 2.20. The molecule has 0 aromatic rings. The Morgan fingerprint density at radius 2 is 1.57 bits per heavy atom. The first-order valence-electron chi connectivity index (χ1n) is 8.90. The van der Waals surface area contributed by atoms with Crippen molar-refractivity contribution in [1.82, 2.24) is 15.1 Å². The predicted octanol–water partition coefficient (Wildman–Crippen LogP) is 1.11. The number of methoxy groups -OCH3 is 1. The number of piperazine rings is 1. The topological polar surface area (TPSA) is 61.9 Å². The van der Waals surface area contributed by atoms with Gasteiger partial charge in [-0.1, -0.05) is 26.7 Å². The van der Waals surface area contributed by atoms with Gasteiger partial charge in [0.05, 0.1) is 0 Å². The third-order valence-electron chi connectivity index (χ3n) is 4.39. The van der Waals surface area contributed by atoms with Gasteiger partial charge in [0.15, 0.2) is 0 Å². The van der Waals surface area contributed by atoms with Crippen LogP contribution < -0.4 is 5.32 Å². The number of unbranched alkanes of at least 4 members (excludes halogenated alkanes) is 1. The standard InChI is InChI=1S/C13H23N3O3.C4H10/c1-19-10-12(17)15-6-2-11(3-7-15)13(18)16-8-4-14-5-9-16;1-3-4-2/h11,14H,2-10H2,1H3;3-4H2,1-2H3. The average Bonchev–Trinajstić information content (AvgIpc) is 2.62. The van der Waals surface area contributed by atoms with Crippen LogP contribution in [-0.2, 0) is 14.3 Å². The maximum Gasteiger partial charge on any atom is 0.248 e. The van der Waals surface area contributed by atoms with E-state index in [9.17, 15) is 9.59 Å². The van der Waals surface area contributed by atoms with Crippen molar-refractivity contribution in [2.24, 2.45) is 5.92 Å². The maximum atomic E-state index is 12.3. The fourth-order valence-electron chi connectivity index (χ4n) is 2.73. The fraction of sp³-hybridized carbons (Fsp3) is 0.882. The Bertz CT molecular complexity index is 347. The molecule has 0 unspecified atom stereocenters. The van der Waals surface area contributed by atoms with E-state index < -0.39 is 0 Å². The first-order chi connectivity index (χ1) is 11.1. The highest BCUT2D eigenvalue weighted by molar-refractivity contribution is 5.80. The van der Waals surface area contributed by atoms with Gasteiger partial charge in [-0.05, 0) is 12.8 Å². The average molecular weight is 327 g/mol. The van der Waals surface area contributed by atoms with E-state index in [1.807, 2.05) is 4.90 Å². The van der Waals surface area contributed by atoms with E-state index in [1.54, 1.807) is 4.90 Å². The van der Waals surface area contributed by atoms with Gasteiger partial charge in [0, 0.05) is 52.3 Å². The van der Waals surface area contributed by atoms with Crippen LogP contribution in [0.5, 0.6) is 0 Å². The van der Waals surface area contributed by atoms with Crippen LogP contribution in [0.2, 0.25) is 0 Å². The number of nitrogens with zero attached hydrogens (tertiary/aromatic N) is 2. The Kier molecular flexibility index (Phi) is 9.87. The molecule has 6 heteroatoms. The van der Waals surface area contributed by atoms with Gasteiger partial charge in [0.1, 0.15) is 6.61 Å². The molecule has 2 heterocycles. The minimum Gasteiger partial charge on any atom is -0.375 e. The third kappa shape index (κ3) is 6.87. The van der Waals surface area contributed by atoms with E-state index in [0.717, 1.165) is 39.0 Å². The molecule has 1 N–H and O–H groups in total. The molecule has 2 aliphatic rings. The number of carbonyl (C=O) groups excluding carboxylic acids is 2. The number of hydrogen-bond acceptors (Lipinski definition) is 4. The molecule has 0 aromatic heterocycles. The lowest BCUT2D eigenvalue weighted by Crippen LogP contribution is -2.50. The van der Waals surface area contributed by atoms with Crippen molar-refractivity contribution in [3.63, 3.8) is 0 Å². The van der Waals surface area contributed by atoms with Crippen LogP contribution in [0.25, 0.3) is 0 Å². The summed E-state index contributed by atoms with van der Waals surface area (Å²) < 4.78 is 4.85. The van der Waals surface area contributed by atoms with Crippen molar-refractivity contribution < 1.29 is 14.3 Å². The number of ether oxygens (including phenoxy) is 1.